The summed E-state index contributed by atoms with van der Waals surface area (Å²) in [4.78, 5) is 20.1. The molecule has 0 aliphatic heterocycles. The summed E-state index contributed by atoms with van der Waals surface area (Å²) in [7, 11) is 0. The van der Waals surface area contributed by atoms with E-state index >= 15 is 0 Å². The molecule has 2 rings (SSSR count). The van der Waals surface area contributed by atoms with Crippen molar-refractivity contribution in [3.63, 3.8) is 0 Å². The van der Waals surface area contributed by atoms with Crippen molar-refractivity contribution in [2.24, 2.45) is 0 Å². The van der Waals surface area contributed by atoms with Crippen LogP contribution in [0.3, 0.4) is 0 Å². The summed E-state index contributed by atoms with van der Waals surface area (Å²) in [6.07, 6.45) is 0.713. The van der Waals surface area contributed by atoms with Crippen LogP contribution in [-0.2, 0) is 13.0 Å². The molecule has 0 aliphatic carbocycles. The van der Waals surface area contributed by atoms with E-state index in [4.69, 9.17) is 16.1 Å². The molecule has 100 valence electrons. The van der Waals surface area contributed by atoms with Gasteiger partial charge in [-0.1, -0.05) is 23.7 Å². The van der Waals surface area contributed by atoms with Gasteiger partial charge in [-0.15, -0.1) is 0 Å². The lowest BCUT2D eigenvalue weighted by Crippen LogP contribution is -2.23. The second kappa shape index (κ2) is 5.79. The minimum Gasteiger partial charge on any atom is -0.345 e. The Balaban J connectivity index is 2.05. The number of aryl methyl sites for hydroxylation is 2. The number of rotatable bonds is 4. The Bertz CT molecular complexity index is 597. The van der Waals surface area contributed by atoms with Crippen molar-refractivity contribution in [3.05, 3.63) is 40.3 Å². The molecule has 0 fully saturated rings. The maximum absolute atomic E-state index is 12.0. The molecule has 0 aliphatic rings. The summed E-state index contributed by atoms with van der Waals surface area (Å²) in [5, 5.41) is 6.70. The number of pyridine rings is 1. The van der Waals surface area contributed by atoms with Gasteiger partial charge >= 0.3 is 0 Å². The van der Waals surface area contributed by atoms with Gasteiger partial charge in [0.2, 0.25) is 5.89 Å². The van der Waals surface area contributed by atoms with Gasteiger partial charge in [-0.2, -0.15) is 4.98 Å². The highest BCUT2D eigenvalue weighted by Gasteiger charge is 2.10. The van der Waals surface area contributed by atoms with E-state index in [1.54, 1.807) is 13.0 Å². The normalized spacial score (nSPS) is 10.5. The number of amides is 1. The fraction of sp³-hybridized carbons (Fsp3) is 0.333. The quantitative estimate of drug-likeness (QED) is 0.865. The molecule has 1 N–H and O–H groups in total. The fourth-order valence-electron chi connectivity index (χ4n) is 1.54. The number of aromatic nitrogens is 3. The molecule has 2 heterocycles. The topological polar surface area (TPSA) is 80.9 Å². The smallest absolute Gasteiger partial charge is 0.251 e. The Morgan fingerprint density at radius 3 is 2.84 bits per heavy atom. The summed E-state index contributed by atoms with van der Waals surface area (Å²) in [6.45, 7) is 3.84. The highest BCUT2D eigenvalue weighted by Crippen LogP contribution is 2.11. The highest BCUT2D eigenvalue weighted by atomic mass is 35.5. The van der Waals surface area contributed by atoms with Crippen molar-refractivity contribution in [1.82, 2.24) is 20.4 Å². The molecular weight excluding hydrogens is 268 g/mol. The van der Waals surface area contributed by atoms with Gasteiger partial charge in [0.15, 0.2) is 5.82 Å². The van der Waals surface area contributed by atoms with Crippen LogP contribution in [0.2, 0.25) is 5.15 Å². The minimum absolute atomic E-state index is 0.206. The monoisotopic (exact) mass is 280 g/mol. The third-order valence-corrected chi connectivity index (χ3v) is 2.64. The molecule has 0 saturated carbocycles. The first-order valence-corrected chi connectivity index (χ1v) is 6.20. The lowest BCUT2D eigenvalue weighted by atomic mass is 10.2. The number of nitrogens with one attached hydrogen (secondary N) is 1. The summed E-state index contributed by atoms with van der Waals surface area (Å²) < 4.78 is 4.81. The zero-order valence-corrected chi connectivity index (χ0v) is 11.4. The summed E-state index contributed by atoms with van der Waals surface area (Å²) in [5.74, 6) is 0.646. The predicted octanol–water partition coefficient (Wildman–Crippen LogP) is 1.92. The van der Waals surface area contributed by atoms with E-state index in [0.29, 0.717) is 28.9 Å². The van der Waals surface area contributed by atoms with E-state index in [1.165, 1.54) is 6.07 Å². The lowest BCUT2D eigenvalue weighted by Gasteiger charge is -2.05. The van der Waals surface area contributed by atoms with Crippen molar-refractivity contribution in [3.8, 4) is 0 Å². The lowest BCUT2D eigenvalue weighted by molar-refractivity contribution is 0.0949. The third-order valence-electron chi connectivity index (χ3n) is 2.45. The van der Waals surface area contributed by atoms with Crippen molar-refractivity contribution in [2.45, 2.75) is 26.8 Å². The average Bonchev–Trinajstić information content (AvgIpc) is 2.81. The SMILES string of the molecule is CCc1cc(C(=O)NCc2noc(C)n2)cc(Cl)n1. The Labute approximate surface area is 115 Å². The van der Waals surface area contributed by atoms with Gasteiger partial charge in [0.05, 0.1) is 6.54 Å². The molecule has 19 heavy (non-hydrogen) atoms. The van der Waals surface area contributed by atoms with Gasteiger partial charge < -0.3 is 9.84 Å². The second-order valence-electron chi connectivity index (χ2n) is 3.94. The summed E-state index contributed by atoms with van der Waals surface area (Å²) in [6, 6.07) is 3.24. The zero-order valence-electron chi connectivity index (χ0n) is 10.6. The molecule has 7 heteroatoms. The standard InChI is InChI=1S/C12H13ClN4O2/c1-3-9-4-8(5-10(13)16-9)12(18)14-6-11-15-7(2)19-17-11/h4-5H,3,6H2,1-2H3,(H,14,18). The minimum atomic E-state index is -0.249. The van der Waals surface area contributed by atoms with E-state index < -0.39 is 0 Å². The Morgan fingerprint density at radius 2 is 2.21 bits per heavy atom. The van der Waals surface area contributed by atoms with Crippen molar-refractivity contribution in [1.29, 1.82) is 0 Å². The highest BCUT2D eigenvalue weighted by molar-refractivity contribution is 6.29. The van der Waals surface area contributed by atoms with Crippen LogP contribution in [0.15, 0.2) is 16.7 Å². The molecule has 6 nitrogen and oxygen atoms in total. The number of hydrogen-bond acceptors (Lipinski definition) is 5. The molecular formula is C12H13ClN4O2. The van der Waals surface area contributed by atoms with Crippen LogP contribution in [0.25, 0.3) is 0 Å². The molecule has 0 radical (unpaired) electrons. The van der Waals surface area contributed by atoms with E-state index in [0.717, 1.165) is 5.69 Å². The van der Waals surface area contributed by atoms with Crippen LogP contribution in [-0.4, -0.2) is 21.0 Å². The Hall–Kier alpha value is -1.95. The van der Waals surface area contributed by atoms with Crippen molar-refractivity contribution < 1.29 is 9.32 Å². The molecule has 2 aromatic rings. The first-order chi connectivity index (χ1) is 9.08. The first kappa shape index (κ1) is 13.5. The maximum atomic E-state index is 12.0. The number of nitrogens with zero attached hydrogens (tertiary/aromatic N) is 3. The molecule has 0 atom stereocenters. The number of halogens is 1. The Kier molecular flexibility index (Phi) is 4.11. The van der Waals surface area contributed by atoms with Gasteiger partial charge in [0, 0.05) is 18.2 Å². The summed E-state index contributed by atoms with van der Waals surface area (Å²) in [5.41, 5.74) is 1.24. The van der Waals surface area contributed by atoms with Gasteiger partial charge in [-0.05, 0) is 18.6 Å². The average molecular weight is 281 g/mol. The van der Waals surface area contributed by atoms with Crippen molar-refractivity contribution >= 4 is 17.5 Å². The van der Waals surface area contributed by atoms with E-state index in [2.05, 4.69) is 20.4 Å². The Morgan fingerprint density at radius 1 is 1.42 bits per heavy atom. The predicted molar refractivity (Wildman–Crippen MR) is 68.8 cm³/mol. The zero-order chi connectivity index (χ0) is 13.8. The number of carbonyl (C=O) groups excluding carboxylic acids is 1. The molecule has 0 saturated heterocycles. The maximum Gasteiger partial charge on any atom is 0.251 e. The molecule has 0 aromatic carbocycles. The van der Waals surface area contributed by atoms with Crippen LogP contribution in [0, 0.1) is 6.92 Å². The van der Waals surface area contributed by atoms with Crippen LogP contribution in [0.4, 0.5) is 0 Å². The molecule has 0 spiro atoms. The third kappa shape index (κ3) is 3.51. The first-order valence-electron chi connectivity index (χ1n) is 5.82. The van der Waals surface area contributed by atoms with Crippen LogP contribution in [0.5, 0.6) is 0 Å². The van der Waals surface area contributed by atoms with Gasteiger partial charge in [0.25, 0.3) is 5.91 Å². The van der Waals surface area contributed by atoms with Gasteiger partial charge in [-0.3, -0.25) is 4.79 Å². The largest absolute Gasteiger partial charge is 0.345 e. The van der Waals surface area contributed by atoms with Gasteiger partial charge in [0.1, 0.15) is 5.15 Å². The number of hydrogen-bond donors (Lipinski definition) is 1. The van der Waals surface area contributed by atoms with Gasteiger partial charge in [-0.25, -0.2) is 4.98 Å². The second-order valence-corrected chi connectivity index (χ2v) is 4.32. The van der Waals surface area contributed by atoms with Crippen LogP contribution < -0.4 is 5.32 Å². The summed E-state index contributed by atoms with van der Waals surface area (Å²) >= 11 is 5.86. The number of carbonyl (C=O) groups is 1. The fourth-order valence-corrected chi connectivity index (χ4v) is 1.76. The molecule has 2 aromatic heterocycles. The van der Waals surface area contributed by atoms with E-state index in [9.17, 15) is 4.79 Å². The van der Waals surface area contributed by atoms with Crippen LogP contribution in [0.1, 0.15) is 34.7 Å². The molecule has 0 unspecified atom stereocenters. The van der Waals surface area contributed by atoms with Crippen LogP contribution >= 0.6 is 11.6 Å². The van der Waals surface area contributed by atoms with E-state index in [1.807, 2.05) is 6.92 Å². The molecule has 1 amide bonds. The molecule has 0 bridgehead atoms. The van der Waals surface area contributed by atoms with E-state index in [-0.39, 0.29) is 12.5 Å². The van der Waals surface area contributed by atoms with Crippen molar-refractivity contribution in [2.75, 3.05) is 0 Å².